The lowest BCUT2D eigenvalue weighted by atomic mass is 10.1. The molecule has 1 amide bonds. The first kappa shape index (κ1) is 13.6. The Balaban J connectivity index is 3.12. The second-order valence-corrected chi connectivity index (χ2v) is 4.36. The third-order valence-corrected chi connectivity index (χ3v) is 2.75. The van der Waals surface area contributed by atoms with Crippen molar-refractivity contribution in [2.45, 2.75) is 0 Å². The van der Waals surface area contributed by atoms with Crippen LogP contribution in [0.3, 0.4) is 0 Å². The van der Waals surface area contributed by atoms with Crippen molar-refractivity contribution in [3.05, 3.63) is 39.4 Å². The third kappa shape index (κ3) is 3.48. The lowest BCUT2D eigenvalue weighted by molar-refractivity contribution is -0.124. The van der Waals surface area contributed by atoms with Crippen molar-refractivity contribution in [1.29, 1.82) is 5.26 Å². The van der Waals surface area contributed by atoms with E-state index in [2.05, 4.69) is 0 Å². The topological polar surface area (TPSA) is 44.1 Å². The van der Waals surface area contributed by atoms with Crippen LogP contribution in [0.25, 0.3) is 6.08 Å². The first-order valence-electron chi connectivity index (χ1n) is 4.74. The fraction of sp³-hybridized carbons (Fsp3) is 0.167. The molecule has 0 saturated heterocycles. The van der Waals surface area contributed by atoms with E-state index in [-0.39, 0.29) is 11.5 Å². The number of likely N-dealkylation sites (N-methyl/N-ethyl adjacent to an activating group) is 1. The van der Waals surface area contributed by atoms with E-state index in [0.29, 0.717) is 15.6 Å². The predicted octanol–water partition coefficient (Wildman–Crippen LogP) is 2.99. The fourth-order valence-corrected chi connectivity index (χ4v) is 1.46. The Labute approximate surface area is 110 Å². The van der Waals surface area contributed by atoms with Gasteiger partial charge in [-0.2, -0.15) is 5.26 Å². The van der Waals surface area contributed by atoms with Gasteiger partial charge in [-0.05, 0) is 23.8 Å². The molecule has 1 rings (SSSR count). The van der Waals surface area contributed by atoms with Crippen LogP contribution < -0.4 is 0 Å². The molecule has 0 spiro atoms. The van der Waals surface area contributed by atoms with Gasteiger partial charge in [0.15, 0.2) is 0 Å². The van der Waals surface area contributed by atoms with Crippen LogP contribution >= 0.6 is 23.2 Å². The minimum Gasteiger partial charge on any atom is -0.344 e. The molecule has 0 saturated carbocycles. The summed E-state index contributed by atoms with van der Waals surface area (Å²) in [6.07, 6.45) is 1.48. The molecular formula is C12H10Cl2N2O. The standard InChI is InChI=1S/C12H10Cl2N2O/c1-16(2)12(17)9(7-15)5-8-3-4-10(13)11(14)6-8/h3-6H,1-2H3/b9-5-. The quantitative estimate of drug-likeness (QED) is 0.612. The molecule has 0 aliphatic heterocycles. The normalized spacial score (nSPS) is 10.9. The van der Waals surface area contributed by atoms with Crippen molar-refractivity contribution in [2.75, 3.05) is 14.1 Å². The van der Waals surface area contributed by atoms with E-state index < -0.39 is 0 Å². The summed E-state index contributed by atoms with van der Waals surface area (Å²) in [7, 11) is 3.17. The van der Waals surface area contributed by atoms with Crippen molar-refractivity contribution in [1.82, 2.24) is 4.90 Å². The Bertz CT molecular complexity index is 516. The van der Waals surface area contributed by atoms with Gasteiger partial charge in [-0.15, -0.1) is 0 Å². The van der Waals surface area contributed by atoms with E-state index in [4.69, 9.17) is 28.5 Å². The van der Waals surface area contributed by atoms with E-state index in [9.17, 15) is 4.79 Å². The Morgan fingerprint density at radius 3 is 2.47 bits per heavy atom. The molecule has 0 aliphatic rings. The maximum atomic E-state index is 11.6. The molecule has 0 aromatic heterocycles. The molecular weight excluding hydrogens is 259 g/mol. The number of benzene rings is 1. The highest BCUT2D eigenvalue weighted by atomic mass is 35.5. The van der Waals surface area contributed by atoms with Crippen molar-refractivity contribution in [3.63, 3.8) is 0 Å². The number of carbonyl (C=O) groups is 1. The number of hydrogen-bond acceptors (Lipinski definition) is 2. The lowest BCUT2D eigenvalue weighted by Crippen LogP contribution is -2.22. The van der Waals surface area contributed by atoms with Gasteiger partial charge in [0.1, 0.15) is 11.6 Å². The minimum atomic E-state index is -0.349. The number of halogens is 2. The van der Waals surface area contributed by atoms with Gasteiger partial charge in [0.2, 0.25) is 0 Å². The molecule has 0 atom stereocenters. The zero-order valence-corrected chi connectivity index (χ0v) is 10.9. The van der Waals surface area contributed by atoms with Gasteiger partial charge in [-0.1, -0.05) is 29.3 Å². The summed E-state index contributed by atoms with van der Waals surface area (Å²) in [6.45, 7) is 0. The smallest absolute Gasteiger partial charge is 0.264 e. The molecule has 88 valence electrons. The van der Waals surface area contributed by atoms with Crippen LogP contribution in [0.15, 0.2) is 23.8 Å². The van der Waals surface area contributed by atoms with E-state index in [1.807, 2.05) is 6.07 Å². The van der Waals surface area contributed by atoms with Gasteiger partial charge >= 0.3 is 0 Å². The highest BCUT2D eigenvalue weighted by molar-refractivity contribution is 6.42. The molecule has 1 aromatic rings. The molecule has 0 aliphatic carbocycles. The zero-order chi connectivity index (χ0) is 13.0. The van der Waals surface area contributed by atoms with Gasteiger partial charge in [-0.3, -0.25) is 4.79 Å². The summed E-state index contributed by atoms with van der Waals surface area (Å²) < 4.78 is 0. The van der Waals surface area contributed by atoms with E-state index in [1.54, 1.807) is 32.3 Å². The minimum absolute atomic E-state index is 0.0494. The van der Waals surface area contributed by atoms with Crippen LogP contribution in [0.4, 0.5) is 0 Å². The molecule has 0 heterocycles. The summed E-state index contributed by atoms with van der Waals surface area (Å²) in [5, 5.41) is 9.72. The number of carbonyl (C=O) groups excluding carboxylic acids is 1. The summed E-state index contributed by atoms with van der Waals surface area (Å²) in [5.74, 6) is -0.349. The number of nitriles is 1. The number of rotatable bonds is 2. The maximum Gasteiger partial charge on any atom is 0.264 e. The molecule has 0 fully saturated rings. The van der Waals surface area contributed by atoms with Gasteiger partial charge in [0, 0.05) is 14.1 Å². The van der Waals surface area contributed by atoms with Gasteiger partial charge < -0.3 is 4.90 Å². The van der Waals surface area contributed by atoms with Gasteiger partial charge in [-0.25, -0.2) is 0 Å². The lowest BCUT2D eigenvalue weighted by Gasteiger charge is -2.08. The van der Waals surface area contributed by atoms with Crippen molar-refractivity contribution < 1.29 is 4.79 Å². The average Bonchev–Trinajstić information content (AvgIpc) is 2.29. The SMILES string of the molecule is CN(C)C(=O)/C(C#N)=C\c1ccc(Cl)c(Cl)c1. The third-order valence-electron chi connectivity index (χ3n) is 2.01. The number of hydrogen-bond donors (Lipinski definition) is 0. The van der Waals surface area contributed by atoms with Gasteiger partial charge in [0.05, 0.1) is 10.0 Å². The van der Waals surface area contributed by atoms with Gasteiger partial charge in [0.25, 0.3) is 5.91 Å². The largest absolute Gasteiger partial charge is 0.344 e. The molecule has 1 aromatic carbocycles. The highest BCUT2D eigenvalue weighted by Crippen LogP contribution is 2.23. The first-order valence-corrected chi connectivity index (χ1v) is 5.50. The first-order chi connectivity index (χ1) is 7.95. The summed E-state index contributed by atoms with van der Waals surface area (Å²) in [6, 6.07) is 6.77. The van der Waals surface area contributed by atoms with Crippen LogP contribution in [0.1, 0.15) is 5.56 Å². The maximum absolute atomic E-state index is 11.6. The zero-order valence-electron chi connectivity index (χ0n) is 9.37. The number of amides is 1. The van der Waals surface area contributed by atoms with E-state index in [0.717, 1.165) is 0 Å². The van der Waals surface area contributed by atoms with Crippen LogP contribution in [0.2, 0.25) is 10.0 Å². The fourth-order valence-electron chi connectivity index (χ4n) is 1.15. The molecule has 0 radical (unpaired) electrons. The van der Waals surface area contributed by atoms with Crippen molar-refractivity contribution >= 4 is 35.2 Å². The van der Waals surface area contributed by atoms with Crippen LogP contribution in [0, 0.1) is 11.3 Å². The van der Waals surface area contributed by atoms with Crippen molar-refractivity contribution in [2.24, 2.45) is 0 Å². The summed E-state index contributed by atoms with van der Waals surface area (Å²) >= 11 is 11.6. The Kier molecular flexibility index (Phi) is 4.56. The molecule has 17 heavy (non-hydrogen) atoms. The Morgan fingerprint density at radius 1 is 1.35 bits per heavy atom. The predicted molar refractivity (Wildman–Crippen MR) is 68.7 cm³/mol. The van der Waals surface area contributed by atoms with E-state index >= 15 is 0 Å². The molecule has 5 heteroatoms. The second-order valence-electron chi connectivity index (χ2n) is 3.54. The average molecular weight is 269 g/mol. The molecule has 3 nitrogen and oxygen atoms in total. The molecule has 0 unspecified atom stereocenters. The van der Waals surface area contributed by atoms with Crippen LogP contribution in [0.5, 0.6) is 0 Å². The van der Waals surface area contributed by atoms with Crippen LogP contribution in [-0.2, 0) is 4.79 Å². The number of nitrogens with zero attached hydrogens (tertiary/aromatic N) is 2. The summed E-state index contributed by atoms with van der Waals surface area (Å²) in [5.41, 5.74) is 0.708. The molecule has 0 N–H and O–H groups in total. The van der Waals surface area contributed by atoms with Crippen molar-refractivity contribution in [3.8, 4) is 6.07 Å². The summed E-state index contributed by atoms with van der Waals surface area (Å²) in [4.78, 5) is 12.9. The molecule has 0 bridgehead atoms. The monoisotopic (exact) mass is 268 g/mol. The highest BCUT2D eigenvalue weighted by Gasteiger charge is 2.11. The Morgan fingerprint density at radius 2 is 2.00 bits per heavy atom. The second kappa shape index (κ2) is 5.72. The van der Waals surface area contributed by atoms with Crippen LogP contribution in [-0.4, -0.2) is 24.9 Å². The Hall–Kier alpha value is -1.50. The van der Waals surface area contributed by atoms with E-state index in [1.165, 1.54) is 11.0 Å².